The molecule has 0 radical (unpaired) electrons. The predicted molar refractivity (Wildman–Crippen MR) is 121 cm³/mol. The molecule has 1 amide bonds. The van der Waals surface area contributed by atoms with Gasteiger partial charge in [-0.05, 0) is 22.3 Å². The Hall–Kier alpha value is -3.98. The first kappa shape index (κ1) is 20.9. The molecular formula is C24H22N4O5. The van der Waals surface area contributed by atoms with Gasteiger partial charge in [0.05, 0.1) is 13.2 Å². The first-order valence-electron chi connectivity index (χ1n) is 10.7. The van der Waals surface area contributed by atoms with Gasteiger partial charge >= 0.3 is 12.1 Å². The van der Waals surface area contributed by atoms with Crippen LogP contribution in [0.15, 0.2) is 54.7 Å². The van der Waals surface area contributed by atoms with E-state index in [0.717, 1.165) is 22.3 Å². The second kappa shape index (κ2) is 8.87. The summed E-state index contributed by atoms with van der Waals surface area (Å²) in [5.41, 5.74) is 4.23. The third kappa shape index (κ3) is 4.10. The van der Waals surface area contributed by atoms with Crippen LogP contribution >= 0.6 is 0 Å². The van der Waals surface area contributed by atoms with Crippen LogP contribution in [-0.2, 0) is 9.47 Å². The molecule has 0 spiro atoms. The number of anilines is 2. The fourth-order valence-corrected chi connectivity index (χ4v) is 4.27. The Morgan fingerprint density at radius 2 is 1.70 bits per heavy atom. The molecule has 5 rings (SSSR count). The summed E-state index contributed by atoms with van der Waals surface area (Å²) in [4.78, 5) is 34.5. The minimum Gasteiger partial charge on any atom is -0.477 e. The Bertz CT molecular complexity index is 1160. The molecule has 1 fully saturated rings. The van der Waals surface area contributed by atoms with Gasteiger partial charge in [-0.3, -0.25) is 5.32 Å². The summed E-state index contributed by atoms with van der Waals surface area (Å²) in [5, 5.41) is 12.0. The van der Waals surface area contributed by atoms with Crippen LogP contribution in [0.3, 0.4) is 0 Å². The minimum absolute atomic E-state index is 0.101. The number of carbonyl (C=O) groups is 2. The van der Waals surface area contributed by atoms with Gasteiger partial charge in [0.25, 0.3) is 0 Å². The first-order chi connectivity index (χ1) is 16.1. The summed E-state index contributed by atoms with van der Waals surface area (Å²) in [7, 11) is 0. The van der Waals surface area contributed by atoms with Gasteiger partial charge in [-0.25, -0.2) is 14.6 Å². The molecule has 0 saturated carbocycles. The lowest BCUT2D eigenvalue weighted by atomic mass is 9.98. The van der Waals surface area contributed by atoms with E-state index in [1.165, 1.54) is 6.20 Å². The van der Waals surface area contributed by atoms with Crippen molar-refractivity contribution in [1.29, 1.82) is 0 Å². The highest BCUT2D eigenvalue weighted by Crippen LogP contribution is 2.44. The van der Waals surface area contributed by atoms with E-state index in [2.05, 4.69) is 27.4 Å². The van der Waals surface area contributed by atoms with Crippen molar-refractivity contribution < 1.29 is 24.2 Å². The molecule has 0 bridgehead atoms. The molecule has 3 aromatic rings. The van der Waals surface area contributed by atoms with Crippen molar-refractivity contribution in [2.45, 2.75) is 5.92 Å². The monoisotopic (exact) mass is 446 g/mol. The number of aromatic carboxylic acids is 1. The number of nitrogens with one attached hydrogen (secondary N) is 1. The van der Waals surface area contributed by atoms with Crippen molar-refractivity contribution in [3.8, 4) is 11.1 Å². The van der Waals surface area contributed by atoms with E-state index in [1.807, 2.05) is 41.3 Å². The average Bonchev–Trinajstić information content (AvgIpc) is 3.17. The highest BCUT2D eigenvalue weighted by molar-refractivity contribution is 5.97. The third-order valence-electron chi connectivity index (χ3n) is 5.86. The zero-order valence-corrected chi connectivity index (χ0v) is 17.7. The molecule has 1 aromatic heterocycles. The van der Waals surface area contributed by atoms with Crippen LogP contribution in [0.4, 0.5) is 16.6 Å². The molecule has 1 aliphatic heterocycles. The largest absolute Gasteiger partial charge is 0.477 e. The van der Waals surface area contributed by atoms with Crippen LogP contribution in [0.25, 0.3) is 11.1 Å². The zero-order valence-electron chi connectivity index (χ0n) is 17.7. The standard InChI is InChI=1S/C24H22N4O5/c29-22(30)19-13-25-23(28-9-11-32-12-10-28)26-21(19)27-24(31)33-14-20-17-7-3-1-5-15(17)16-6-2-4-8-18(16)20/h1-8,13,20H,9-12,14H2,(H,29,30)(H,25,26,27,31). The van der Waals surface area contributed by atoms with Crippen LogP contribution < -0.4 is 10.2 Å². The molecule has 168 valence electrons. The number of amides is 1. The Labute approximate surface area is 190 Å². The Kier molecular flexibility index (Phi) is 5.62. The number of morpholine rings is 1. The summed E-state index contributed by atoms with van der Waals surface area (Å²) in [5.74, 6) is -1.11. The summed E-state index contributed by atoms with van der Waals surface area (Å²) in [6, 6.07) is 16.1. The van der Waals surface area contributed by atoms with Crippen molar-refractivity contribution in [1.82, 2.24) is 9.97 Å². The quantitative estimate of drug-likeness (QED) is 0.613. The number of fused-ring (bicyclic) bond motifs is 3. The van der Waals surface area contributed by atoms with Crippen LogP contribution in [0.2, 0.25) is 0 Å². The van der Waals surface area contributed by atoms with Crippen LogP contribution in [0.5, 0.6) is 0 Å². The summed E-state index contributed by atoms with van der Waals surface area (Å²) in [6.07, 6.45) is 0.421. The lowest BCUT2D eigenvalue weighted by Crippen LogP contribution is -2.37. The molecule has 0 atom stereocenters. The second-order valence-electron chi connectivity index (χ2n) is 7.79. The van der Waals surface area contributed by atoms with Crippen molar-refractivity contribution in [3.63, 3.8) is 0 Å². The van der Waals surface area contributed by atoms with Crippen molar-refractivity contribution in [2.75, 3.05) is 43.1 Å². The number of hydrogen-bond acceptors (Lipinski definition) is 7. The summed E-state index contributed by atoms with van der Waals surface area (Å²) in [6.45, 7) is 2.33. The Morgan fingerprint density at radius 3 is 2.33 bits per heavy atom. The highest BCUT2D eigenvalue weighted by Gasteiger charge is 2.29. The van der Waals surface area contributed by atoms with Crippen LogP contribution in [0.1, 0.15) is 27.4 Å². The number of hydrogen-bond donors (Lipinski definition) is 2. The molecule has 9 nitrogen and oxygen atoms in total. The minimum atomic E-state index is -1.24. The number of carboxylic acids is 1. The maximum absolute atomic E-state index is 12.6. The number of carbonyl (C=O) groups excluding carboxylic acids is 1. The molecule has 2 N–H and O–H groups in total. The van der Waals surface area contributed by atoms with Crippen molar-refractivity contribution >= 4 is 23.8 Å². The smallest absolute Gasteiger partial charge is 0.412 e. The van der Waals surface area contributed by atoms with Gasteiger partial charge in [0.1, 0.15) is 12.2 Å². The molecule has 9 heteroatoms. The molecule has 2 aromatic carbocycles. The van der Waals surface area contributed by atoms with Crippen LogP contribution in [0, 0.1) is 0 Å². The highest BCUT2D eigenvalue weighted by atomic mass is 16.5. The molecule has 0 unspecified atom stereocenters. The number of carboxylic acid groups (broad SMARTS) is 1. The molecule has 1 aliphatic carbocycles. The third-order valence-corrected chi connectivity index (χ3v) is 5.86. The van der Waals surface area contributed by atoms with Gasteiger partial charge in [-0.1, -0.05) is 48.5 Å². The summed E-state index contributed by atoms with van der Waals surface area (Å²) >= 11 is 0. The maximum Gasteiger partial charge on any atom is 0.412 e. The Balaban J connectivity index is 1.33. The molecule has 1 saturated heterocycles. The van der Waals surface area contributed by atoms with Crippen LogP contribution in [-0.4, -0.2) is 60.0 Å². The maximum atomic E-state index is 12.6. The fraction of sp³-hybridized carbons (Fsp3) is 0.250. The lowest BCUT2D eigenvalue weighted by Gasteiger charge is -2.27. The summed E-state index contributed by atoms with van der Waals surface area (Å²) < 4.78 is 10.9. The number of rotatable bonds is 5. The van der Waals surface area contributed by atoms with Gasteiger partial charge in [-0.2, -0.15) is 4.98 Å². The van der Waals surface area contributed by atoms with E-state index >= 15 is 0 Å². The molecular weight excluding hydrogens is 424 g/mol. The number of ether oxygens (including phenoxy) is 2. The van der Waals surface area contributed by atoms with E-state index < -0.39 is 12.1 Å². The Morgan fingerprint density at radius 1 is 1.06 bits per heavy atom. The van der Waals surface area contributed by atoms with E-state index in [-0.39, 0.29) is 23.9 Å². The van der Waals surface area contributed by atoms with Crippen molar-refractivity contribution in [2.24, 2.45) is 0 Å². The molecule has 33 heavy (non-hydrogen) atoms. The van der Waals surface area contributed by atoms with E-state index in [0.29, 0.717) is 32.3 Å². The van der Waals surface area contributed by atoms with Gasteiger partial charge in [-0.15, -0.1) is 0 Å². The van der Waals surface area contributed by atoms with Gasteiger partial charge in [0, 0.05) is 25.2 Å². The van der Waals surface area contributed by atoms with Gasteiger partial charge < -0.3 is 19.5 Å². The van der Waals surface area contributed by atoms with E-state index in [4.69, 9.17) is 9.47 Å². The predicted octanol–water partition coefficient (Wildman–Crippen LogP) is 3.37. The van der Waals surface area contributed by atoms with Gasteiger partial charge in [0.15, 0.2) is 5.82 Å². The molecule has 2 heterocycles. The second-order valence-corrected chi connectivity index (χ2v) is 7.79. The number of aromatic nitrogens is 2. The zero-order chi connectivity index (χ0) is 22.8. The number of benzene rings is 2. The van der Waals surface area contributed by atoms with E-state index in [9.17, 15) is 14.7 Å². The molecule has 2 aliphatic rings. The van der Waals surface area contributed by atoms with E-state index in [1.54, 1.807) is 0 Å². The van der Waals surface area contributed by atoms with Gasteiger partial charge in [0.2, 0.25) is 5.95 Å². The fourth-order valence-electron chi connectivity index (χ4n) is 4.27. The van der Waals surface area contributed by atoms with Crippen molar-refractivity contribution in [3.05, 3.63) is 71.4 Å². The number of nitrogens with zero attached hydrogens (tertiary/aromatic N) is 3. The normalized spacial score (nSPS) is 15.0. The first-order valence-corrected chi connectivity index (χ1v) is 10.7. The topological polar surface area (TPSA) is 114 Å². The average molecular weight is 446 g/mol. The SMILES string of the molecule is O=C(Nc1nc(N2CCOCC2)ncc1C(=O)O)OCC1c2ccccc2-c2ccccc21. The lowest BCUT2D eigenvalue weighted by molar-refractivity contribution is 0.0697.